The first-order valence-corrected chi connectivity index (χ1v) is 10.7. The van der Waals surface area contributed by atoms with E-state index in [1.807, 2.05) is 25.1 Å². The molecule has 1 aliphatic heterocycles. The largest absolute Gasteiger partial charge is 0.354 e. The summed E-state index contributed by atoms with van der Waals surface area (Å²) in [6.45, 7) is 6.78. The highest BCUT2D eigenvalue weighted by Gasteiger charge is 2.17. The maximum Gasteiger partial charge on any atom is 0.274 e. The number of likely N-dealkylation sites (N-methyl/N-ethyl adjacent to an activating group) is 1. The van der Waals surface area contributed by atoms with Gasteiger partial charge in [0.15, 0.2) is 5.69 Å². The number of nitrogens with one attached hydrogen (secondary N) is 1. The number of amides is 1. The van der Waals surface area contributed by atoms with Crippen molar-refractivity contribution in [3.05, 3.63) is 64.2 Å². The van der Waals surface area contributed by atoms with Gasteiger partial charge in [-0.2, -0.15) is 5.10 Å². The Hall–Kier alpha value is -3.26. The zero-order valence-electron chi connectivity index (χ0n) is 18.0. The summed E-state index contributed by atoms with van der Waals surface area (Å²) in [5.41, 5.74) is 1.01. The zero-order chi connectivity index (χ0) is 21.8. The lowest BCUT2D eigenvalue weighted by Gasteiger charge is -2.33. The molecule has 3 aromatic rings. The van der Waals surface area contributed by atoms with Crippen LogP contribution in [-0.4, -0.2) is 58.8 Å². The molecule has 0 atom stereocenters. The van der Waals surface area contributed by atoms with Crippen LogP contribution in [0, 0.1) is 0 Å². The summed E-state index contributed by atoms with van der Waals surface area (Å²) < 4.78 is 1.38. The van der Waals surface area contributed by atoms with Crippen LogP contribution in [-0.2, 0) is 13.1 Å². The summed E-state index contributed by atoms with van der Waals surface area (Å²) in [7, 11) is 2.13. The Morgan fingerprint density at radius 1 is 1.06 bits per heavy atom. The van der Waals surface area contributed by atoms with E-state index in [9.17, 15) is 9.59 Å². The molecule has 1 aromatic carbocycles. The molecule has 1 aliphatic rings. The number of carbonyl (C=O) groups is 1. The smallest absolute Gasteiger partial charge is 0.274 e. The minimum absolute atomic E-state index is 0.169. The molecule has 1 amide bonds. The summed E-state index contributed by atoms with van der Waals surface area (Å²) in [5.74, 6) is 0.659. The fourth-order valence-corrected chi connectivity index (χ4v) is 3.78. The van der Waals surface area contributed by atoms with E-state index in [0.717, 1.165) is 44.0 Å². The molecule has 4 rings (SSSR count). The van der Waals surface area contributed by atoms with Crippen LogP contribution >= 0.6 is 0 Å². The Morgan fingerprint density at radius 2 is 1.81 bits per heavy atom. The summed E-state index contributed by atoms with van der Waals surface area (Å²) >= 11 is 0. The molecule has 31 heavy (non-hydrogen) atoms. The second kappa shape index (κ2) is 9.26. The number of pyridine rings is 1. The average Bonchev–Trinajstić information content (AvgIpc) is 2.80. The van der Waals surface area contributed by atoms with Crippen molar-refractivity contribution < 1.29 is 4.79 Å². The Bertz CT molecular complexity index is 1120. The van der Waals surface area contributed by atoms with Crippen LogP contribution in [0.5, 0.6) is 0 Å². The third-order valence-corrected chi connectivity index (χ3v) is 5.61. The first-order valence-electron chi connectivity index (χ1n) is 10.7. The molecule has 0 radical (unpaired) electrons. The summed E-state index contributed by atoms with van der Waals surface area (Å²) in [5, 5.41) is 8.35. The first kappa shape index (κ1) is 21.0. The van der Waals surface area contributed by atoms with Gasteiger partial charge in [-0.25, -0.2) is 9.67 Å². The van der Waals surface area contributed by atoms with Gasteiger partial charge in [0.1, 0.15) is 5.82 Å². The van der Waals surface area contributed by atoms with Gasteiger partial charge in [0.05, 0.1) is 5.39 Å². The van der Waals surface area contributed by atoms with Crippen LogP contribution < -0.4 is 15.8 Å². The fraction of sp³-hybridized carbons (Fsp3) is 0.391. The maximum absolute atomic E-state index is 12.9. The Labute approximate surface area is 181 Å². The van der Waals surface area contributed by atoms with Crippen molar-refractivity contribution in [1.29, 1.82) is 0 Å². The van der Waals surface area contributed by atoms with Crippen LogP contribution in [0.2, 0.25) is 0 Å². The number of aryl methyl sites for hydroxylation is 1. The van der Waals surface area contributed by atoms with Crippen LogP contribution in [0.15, 0.2) is 47.4 Å². The molecule has 3 heterocycles. The number of carbonyl (C=O) groups excluding carboxylic acids is 1. The fourth-order valence-electron chi connectivity index (χ4n) is 3.78. The number of anilines is 1. The van der Waals surface area contributed by atoms with Crippen molar-refractivity contribution >= 4 is 22.5 Å². The minimum atomic E-state index is -0.302. The molecule has 0 aliphatic carbocycles. The second-order valence-electron chi connectivity index (χ2n) is 7.92. The number of hydrogen-bond acceptors (Lipinski definition) is 6. The number of hydrogen-bond donors (Lipinski definition) is 1. The molecule has 8 heteroatoms. The monoisotopic (exact) mass is 420 g/mol. The quantitative estimate of drug-likeness (QED) is 0.656. The molecule has 2 aromatic heterocycles. The highest BCUT2D eigenvalue weighted by Crippen LogP contribution is 2.15. The lowest BCUT2D eigenvalue weighted by Crippen LogP contribution is -2.44. The van der Waals surface area contributed by atoms with Crippen LogP contribution in [0.25, 0.3) is 10.8 Å². The van der Waals surface area contributed by atoms with Gasteiger partial charge in [-0.05, 0) is 31.2 Å². The minimum Gasteiger partial charge on any atom is -0.354 e. The van der Waals surface area contributed by atoms with Crippen molar-refractivity contribution in [3.63, 3.8) is 0 Å². The lowest BCUT2D eigenvalue weighted by atomic mass is 10.1. The predicted octanol–water partition coefficient (Wildman–Crippen LogP) is 1.88. The molecule has 162 valence electrons. The van der Waals surface area contributed by atoms with E-state index in [4.69, 9.17) is 0 Å². The number of nitrogens with zero attached hydrogens (tertiary/aromatic N) is 5. The summed E-state index contributed by atoms with van der Waals surface area (Å²) in [6.07, 6.45) is 2.56. The molecule has 1 saturated heterocycles. The Kier molecular flexibility index (Phi) is 6.27. The third-order valence-electron chi connectivity index (χ3n) is 5.61. The van der Waals surface area contributed by atoms with Gasteiger partial charge in [-0.15, -0.1) is 0 Å². The van der Waals surface area contributed by atoms with Crippen molar-refractivity contribution in [3.8, 4) is 0 Å². The molecule has 0 unspecified atom stereocenters. The maximum atomic E-state index is 12.9. The number of fused-ring (bicyclic) bond motifs is 1. The predicted molar refractivity (Wildman–Crippen MR) is 121 cm³/mol. The molecule has 0 bridgehead atoms. The van der Waals surface area contributed by atoms with E-state index >= 15 is 0 Å². The van der Waals surface area contributed by atoms with E-state index in [2.05, 4.69) is 32.2 Å². The van der Waals surface area contributed by atoms with Gasteiger partial charge in [0, 0.05) is 50.9 Å². The summed E-state index contributed by atoms with van der Waals surface area (Å²) in [4.78, 5) is 34.7. The zero-order valence-corrected chi connectivity index (χ0v) is 18.0. The highest BCUT2D eigenvalue weighted by molar-refractivity contribution is 6.04. The highest BCUT2D eigenvalue weighted by atomic mass is 16.2. The number of rotatable bonds is 6. The third kappa shape index (κ3) is 4.59. The topological polar surface area (TPSA) is 83.4 Å². The van der Waals surface area contributed by atoms with E-state index in [1.165, 1.54) is 4.68 Å². The standard InChI is InChI=1S/C23H28N6O2/c1-3-10-29-23(31)19-7-5-4-6-18(19)21(26-29)22(30)25-16-17-8-9-20(24-15-17)28-13-11-27(2)12-14-28/h4-9,15H,3,10-14,16H2,1-2H3,(H,25,30). The van der Waals surface area contributed by atoms with Crippen molar-refractivity contribution in [2.45, 2.75) is 26.4 Å². The van der Waals surface area contributed by atoms with Gasteiger partial charge >= 0.3 is 0 Å². The van der Waals surface area contributed by atoms with Gasteiger partial charge in [-0.1, -0.05) is 31.2 Å². The van der Waals surface area contributed by atoms with E-state index in [0.29, 0.717) is 23.9 Å². The van der Waals surface area contributed by atoms with Crippen LogP contribution in [0.4, 0.5) is 5.82 Å². The number of piperazine rings is 1. The van der Waals surface area contributed by atoms with E-state index in [1.54, 1.807) is 24.4 Å². The van der Waals surface area contributed by atoms with Gasteiger partial charge in [0.25, 0.3) is 11.5 Å². The number of aromatic nitrogens is 3. The first-order chi connectivity index (χ1) is 15.1. The second-order valence-corrected chi connectivity index (χ2v) is 7.92. The van der Waals surface area contributed by atoms with Gasteiger partial charge < -0.3 is 15.1 Å². The average molecular weight is 421 g/mol. The molecule has 0 spiro atoms. The molecule has 1 fully saturated rings. The van der Waals surface area contributed by atoms with E-state index < -0.39 is 0 Å². The van der Waals surface area contributed by atoms with Crippen LogP contribution in [0.3, 0.4) is 0 Å². The Morgan fingerprint density at radius 3 is 2.48 bits per heavy atom. The van der Waals surface area contributed by atoms with Gasteiger partial charge in [-0.3, -0.25) is 9.59 Å². The van der Waals surface area contributed by atoms with Crippen molar-refractivity contribution in [2.24, 2.45) is 0 Å². The molecule has 8 nitrogen and oxygen atoms in total. The molecular weight excluding hydrogens is 392 g/mol. The molecule has 0 saturated carbocycles. The summed E-state index contributed by atoms with van der Waals surface area (Å²) in [6, 6.07) is 11.1. The normalized spacial score (nSPS) is 14.7. The Balaban J connectivity index is 1.48. The van der Waals surface area contributed by atoms with Crippen LogP contribution in [0.1, 0.15) is 29.4 Å². The van der Waals surface area contributed by atoms with Gasteiger partial charge in [0.2, 0.25) is 0 Å². The van der Waals surface area contributed by atoms with Crippen molar-refractivity contribution in [1.82, 2.24) is 25.0 Å². The lowest BCUT2D eigenvalue weighted by molar-refractivity contribution is 0.0945. The van der Waals surface area contributed by atoms with E-state index in [-0.39, 0.29) is 17.2 Å². The SMILES string of the molecule is CCCn1nc(C(=O)NCc2ccc(N3CCN(C)CC3)nc2)c2ccccc2c1=O. The molecule has 1 N–H and O–H groups in total. The molecular formula is C23H28N6O2. The van der Waals surface area contributed by atoms with Crippen molar-refractivity contribution in [2.75, 3.05) is 38.1 Å². The number of benzene rings is 1.